The number of thioether (sulfide) groups is 1. The Morgan fingerprint density at radius 3 is 2.80 bits per heavy atom. The van der Waals surface area contributed by atoms with E-state index in [9.17, 15) is 0 Å². The molecule has 0 fully saturated rings. The normalized spacial score (nSPS) is 17.9. The van der Waals surface area contributed by atoms with Crippen molar-refractivity contribution in [1.82, 2.24) is 0 Å². The van der Waals surface area contributed by atoms with E-state index in [1.807, 2.05) is 11.8 Å². The molecule has 1 atom stereocenters. The topological polar surface area (TPSA) is 12.0 Å². The minimum Gasteiger partial charge on any atom is -0.377 e. The molecule has 0 amide bonds. The Morgan fingerprint density at radius 2 is 1.95 bits per heavy atom. The van der Waals surface area contributed by atoms with Gasteiger partial charge in [-0.05, 0) is 34.7 Å². The van der Waals surface area contributed by atoms with Crippen molar-refractivity contribution >= 4 is 17.4 Å². The van der Waals surface area contributed by atoms with Crippen LogP contribution >= 0.6 is 11.8 Å². The average Bonchev–Trinajstić information content (AvgIpc) is 2.48. The maximum atomic E-state index is 3.71. The van der Waals surface area contributed by atoms with Crippen molar-refractivity contribution in [2.45, 2.75) is 31.6 Å². The fourth-order valence-corrected chi connectivity index (χ4v) is 3.79. The highest BCUT2D eigenvalue weighted by Crippen LogP contribution is 2.34. The molecule has 1 nitrogen and oxygen atoms in total. The van der Waals surface area contributed by atoms with Gasteiger partial charge in [0.1, 0.15) is 0 Å². The van der Waals surface area contributed by atoms with Crippen LogP contribution in [0.1, 0.15) is 42.5 Å². The predicted octanol–water partition coefficient (Wildman–Crippen LogP) is 5.21. The minimum atomic E-state index is 0.423. The first-order chi connectivity index (χ1) is 9.74. The van der Waals surface area contributed by atoms with Crippen molar-refractivity contribution in [2.24, 2.45) is 0 Å². The van der Waals surface area contributed by atoms with Gasteiger partial charge in [-0.15, -0.1) is 0 Å². The molecule has 0 saturated heterocycles. The number of fused-ring (bicyclic) bond motifs is 1. The van der Waals surface area contributed by atoms with Crippen LogP contribution in [-0.4, -0.2) is 5.75 Å². The standard InChI is InChI=1S/C18H21NS/c1-13(2)14-7-5-8-16(10-14)19-18-12-20-11-15-6-3-4-9-17(15)18/h3-10,13,18-19H,11-12H2,1-2H3. The summed E-state index contributed by atoms with van der Waals surface area (Å²) in [6.07, 6.45) is 0. The van der Waals surface area contributed by atoms with Gasteiger partial charge in [-0.3, -0.25) is 0 Å². The van der Waals surface area contributed by atoms with E-state index in [1.165, 1.54) is 22.4 Å². The van der Waals surface area contributed by atoms with Crippen LogP contribution in [0.4, 0.5) is 5.69 Å². The molecule has 1 aliphatic heterocycles. The number of anilines is 1. The first-order valence-electron chi connectivity index (χ1n) is 7.26. The summed E-state index contributed by atoms with van der Waals surface area (Å²) in [6.45, 7) is 4.48. The molecule has 20 heavy (non-hydrogen) atoms. The van der Waals surface area contributed by atoms with Gasteiger partial charge in [-0.25, -0.2) is 0 Å². The van der Waals surface area contributed by atoms with Gasteiger partial charge < -0.3 is 5.32 Å². The zero-order valence-electron chi connectivity index (χ0n) is 12.1. The van der Waals surface area contributed by atoms with Crippen LogP contribution in [0, 0.1) is 0 Å². The van der Waals surface area contributed by atoms with Gasteiger partial charge in [0.05, 0.1) is 6.04 Å². The molecule has 0 bridgehead atoms. The van der Waals surface area contributed by atoms with Crippen LogP contribution in [0.3, 0.4) is 0 Å². The second-order valence-electron chi connectivity index (χ2n) is 5.69. The average molecular weight is 283 g/mol. The Labute approximate surface area is 125 Å². The highest BCUT2D eigenvalue weighted by atomic mass is 32.2. The minimum absolute atomic E-state index is 0.423. The van der Waals surface area contributed by atoms with Crippen molar-refractivity contribution < 1.29 is 0 Å². The van der Waals surface area contributed by atoms with Crippen LogP contribution in [0.25, 0.3) is 0 Å². The van der Waals surface area contributed by atoms with E-state index in [1.54, 1.807) is 0 Å². The van der Waals surface area contributed by atoms with Crippen molar-refractivity contribution in [3.8, 4) is 0 Å². The molecule has 104 valence electrons. The van der Waals surface area contributed by atoms with E-state index in [-0.39, 0.29) is 0 Å². The molecular formula is C18H21NS. The fourth-order valence-electron chi connectivity index (χ4n) is 2.69. The molecule has 0 spiro atoms. The summed E-state index contributed by atoms with van der Waals surface area (Å²) < 4.78 is 0. The monoisotopic (exact) mass is 283 g/mol. The van der Waals surface area contributed by atoms with Gasteiger partial charge in [0.2, 0.25) is 0 Å². The van der Waals surface area contributed by atoms with E-state index in [0.29, 0.717) is 12.0 Å². The smallest absolute Gasteiger partial charge is 0.0607 e. The molecule has 0 radical (unpaired) electrons. The highest BCUT2D eigenvalue weighted by Gasteiger charge is 2.19. The number of hydrogen-bond donors (Lipinski definition) is 1. The van der Waals surface area contributed by atoms with Crippen LogP contribution in [-0.2, 0) is 5.75 Å². The maximum Gasteiger partial charge on any atom is 0.0607 e. The van der Waals surface area contributed by atoms with E-state index >= 15 is 0 Å². The number of rotatable bonds is 3. The summed E-state index contributed by atoms with van der Waals surface area (Å²) in [5, 5.41) is 3.71. The SMILES string of the molecule is CC(C)c1cccc(NC2CSCc3ccccc32)c1. The first kappa shape index (κ1) is 13.6. The summed E-state index contributed by atoms with van der Waals surface area (Å²) in [6, 6.07) is 18.0. The molecule has 0 saturated carbocycles. The maximum absolute atomic E-state index is 3.71. The number of nitrogens with one attached hydrogen (secondary N) is 1. The van der Waals surface area contributed by atoms with E-state index in [2.05, 4.69) is 67.7 Å². The second kappa shape index (κ2) is 5.92. The van der Waals surface area contributed by atoms with Gasteiger partial charge in [-0.1, -0.05) is 50.2 Å². The summed E-state index contributed by atoms with van der Waals surface area (Å²) in [7, 11) is 0. The Balaban J connectivity index is 1.84. The molecule has 2 aromatic carbocycles. The Hall–Kier alpha value is -1.41. The van der Waals surface area contributed by atoms with Gasteiger partial charge in [0.15, 0.2) is 0 Å². The van der Waals surface area contributed by atoms with Crippen LogP contribution in [0.2, 0.25) is 0 Å². The summed E-state index contributed by atoms with van der Waals surface area (Å²) in [5.74, 6) is 2.85. The lowest BCUT2D eigenvalue weighted by Gasteiger charge is -2.27. The molecule has 1 heterocycles. The van der Waals surface area contributed by atoms with Gasteiger partial charge in [0, 0.05) is 17.2 Å². The van der Waals surface area contributed by atoms with Crippen molar-refractivity contribution in [2.75, 3.05) is 11.1 Å². The third kappa shape index (κ3) is 2.85. The van der Waals surface area contributed by atoms with Crippen LogP contribution < -0.4 is 5.32 Å². The number of hydrogen-bond acceptors (Lipinski definition) is 2. The largest absolute Gasteiger partial charge is 0.377 e. The first-order valence-corrected chi connectivity index (χ1v) is 8.41. The third-order valence-electron chi connectivity index (χ3n) is 3.87. The van der Waals surface area contributed by atoms with Gasteiger partial charge in [-0.2, -0.15) is 11.8 Å². The summed E-state index contributed by atoms with van der Waals surface area (Å²) >= 11 is 2.01. The van der Waals surface area contributed by atoms with E-state index in [0.717, 1.165) is 11.5 Å². The van der Waals surface area contributed by atoms with Crippen molar-refractivity contribution in [3.05, 3.63) is 65.2 Å². The van der Waals surface area contributed by atoms with Crippen molar-refractivity contribution in [1.29, 1.82) is 0 Å². The Morgan fingerprint density at radius 1 is 1.10 bits per heavy atom. The molecule has 3 rings (SSSR count). The zero-order valence-corrected chi connectivity index (χ0v) is 12.9. The lowest BCUT2D eigenvalue weighted by molar-refractivity contribution is 0.854. The molecule has 1 unspecified atom stereocenters. The molecular weight excluding hydrogens is 262 g/mol. The van der Waals surface area contributed by atoms with Gasteiger partial charge >= 0.3 is 0 Å². The quantitative estimate of drug-likeness (QED) is 0.830. The fraction of sp³-hybridized carbons (Fsp3) is 0.333. The molecule has 1 N–H and O–H groups in total. The summed E-state index contributed by atoms with van der Waals surface area (Å²) in [4.78, 5) is 0. The Bertz CT molecular complexity index is 591. The predicted molar refractivity (Wildman–Crippen MR) is 89.5 cm³/mol. The van der Waals surface area contributed by atoms with E-state index in [4.69, 9.17) is 0 Å². The highest BCUT2D eigenvalue weighted by molar-refractivity contribution is 7.98. The number of benzene rings is 2. The molecule has 0 aromatic heterocycles. The molecule has 0 aliphatic carbocycles. The molecule has 1 aliphatic rings. The lowest BCUT2D eigenvalue weighted by atomic mass is 10.00. The third-order valence-corrected chi connectivity index (χ3v) is 4.95. The van der Waals surface area contributed by atoms with Crippen molar-refractivity contribution in [3.63, 3.8) is 0 Å². The summed E-state index contributed by atoms with van der Waals surface area (Å²) in [5.41, 5.74) is 5.56. The lowest BCUT2D eigenvalue weighted by Crippen LogP contribution is -2.18. The van der Waals surface area contributed by atoms with Crippen LogP contribution in [0.5, 0.6) is 0 Å². The van der Waals surface area contributed by atoms with E-state index < -0.39 is 0 Å². The zero-order chi connectivity index (χ0) is 13.9. The molecule has 2 aromatic rings. The molecule has 2 heteroatoms. The Kier molecular flexibility index (Phi) is 4.02. The second-order valence-corrected chi connectivity index (χ2v) is 6.72. The van der Waals surface area contributed by atoms with Crippen LogP contribution in [0.15, 0.2) is 48.5 Å². The van der Waals surface area contributed by atoms with Gasteiger partial charge in [0.25, 0.3) is 0 Å².